The quantitative estimate of drug-likeness (QED) is 0.815. The van der Waals surface area contributed by atoms with Crippen LogP contribution in [0.3, 0.4) is 0 Å². The molecular weight excluding hydrogens is 333 g/mol. The average Bonchev–Trinajstić information content (AvgIpc) is 2.62. The van der Waals surface area contributed by atoms with Gasteiger partial charge in [0.25, 0.3) is 0 Å². The van der Waals surface area contributed by atoms with Gasteiger partial charge in [-0.15, -0.1) is 0 Å². The van der Waals surface area contributed by atoms with Gasteiger partial charge in [-0.05, 0) is 30.3 Å². The smallest absolute Gasteiger partial charge is 0.347 e. The number of aromatic nitrogens is 2. The molecule has 0 saturated carbocycles. The van der Waals surface area contributed by atoms with Gasteiger partial charge in [0.1, 0.15) is 5.82 Å². The zero-order chi connectivity index (χ0) is 18.1. The summed E-state index contributed by atoms with van der Waals surface area (Å²) < 4.78 is 14.5. The van der Waals surface area contributed by atoms with Gasteiger partial charge in [-0.1, -0.05) is 0 Å². The molecule has 6 nitrogen and oxygen atoms in total. The topological polar surface area (TPSA) is 44.6 Å². The van der Waals surface area contributed by atoms with Crippen LogP contribution in [0.5, 0.6) is 0 Å². The maximum absolute atomic E-state index is 13.1. The van der Waals surface area contributed by atoms with Crippen LogP contribution in [-0.4, -0.2) is 64.7 Å². The van der Waals surface area contributed by atoms with Crippen molar-refractivity contribution in [1.82, 2.24) is 19.4 Å². The number of piperazine rings is 1. The lowest BCUT2D eigenvalue weighted by molar-refractivity contribution is 0.0248. The largest absolute Gasteiger partial charge is 0.369 e. The minimum Gasteiger partial charge on any atom is -0.369 e. The monoisotopic (exact) mass is 357 g/mol. The van der Waals surface area contributed by atoms with Crippen LogP contribution in [0.4, 0.5) is 10.1 Å². The first-order valence-electron chi connectivity index (χ1n) is 9.08. The average molecular weight is 357 g/mol. The van der Waals surface area contributed by atoms with E-state index in [1.807, 2.05) is 18.2 Å². The summed E-state index contributed by atoms with van der Waals surface area (Å²) in [5.41, 5.74) is 1.74. The number of likely N-dealkylation sites (tertiary alicyclic amines) is 1. The van der Waals surface area contributed by atoms with E-state index >= 15 is 0 Å². The summed E-state index contributed by atoms with van der Waals surface area (Å²) in [5.74, 6) is -0.187. The lowest BCUT2D eigenvalue weighted by atomic mass is 10.1. The van der Waals surface area contributed by atoms with Crippen molar-refractivity contribution in [2.24, 2.45) is 7.05 Å². The summed E-state index contributed by atoms with van der Waals surface area (Å²) in [5, 5.41) is 0. The molecule has 0 bridgehead atoms. The van der Waals surface area contributed by atoms with Crippen LogP contribution >= 0.6 is 0 Å². The first-order valence-corrected chi connectivity index (χ1v) is 9.08. The Labute approximate surface area is 152 Å². The van der Waals surface area contributed by atoms with Crippen molar-refractivity contribution >= 4 is 5.69 Å². The number of benzene rings is 1. The highest BCUT2D eigenvalue weighted by atomic mass is 19.1. The molecule has 0 atom stereocenters. The number of rotatable bonds is 4. The predicted octanol–water partition coefficient (Wildman–Crippen LogP) is 0.926. The summed E-state index contributed by atoms with van der Waals surface area (Å²) in [6.45, 7) is 6.78. The Kier molecular flexibility index (Phi) is 4.74. The molecule has 0 aliphatic carbocycles. The first kappa shape index (κ1) is 17.2. The zero-order valence-corrected chi connectivity index (χ0v) is 15.0. The Hall–Kier alpha value is -2.25. The molecule has 0 unspecified atom stereocenters. The van der Waals surface area contributed by atoms with Crippen LogP contribution in [0.15, 0.2) is 41.3 Å². The van der Waals surface area contributed by atoms with Crippen molar-refractivity contribution in [3.63, 3.8) is 0 Å². The molecule has 4 rings (SSSR count). The lowest BCUT2D eigenvalue weighted by Gasteiger charge is -2.48. The van der Waals surface area contributed by atoms with E-state index < -0.39 is 0 Å². The third-order valence-corrected chi connectivity index (χ3v) is 5.38. The van der Waals surface area contributed by atoms with E-state index in [0.717, 1.165) is 57.2 Å². The fourth-order valence-corrected chi connectivity index (χ4v) is 3.72. The van der Waals surface area contributed by atoms with E-state index in [9.17, 15) is 9.18 Å². The minimum atomic E-state index is -0.198. The van der Waals surface area contributed by atoms with Crippen molar-refractivity contribution in [3.05, 3.63) is 58.5 Å². The van der Waals surface area contributed by atoms with E-state index in [1.165, 1.54) is 16.7 Å². The summed E-state index contributed by atoms with van der Waals surface area (Å²) in [6.07, 6.45) is 1.77. The van der Waals surface area contributed by atoms with Gasteiger partial charge < -0.3 is 9.47 Å². The summed E-state index contributed by atoms with van der Waals surface area (Å²) in [7, 11) is 1.71. The molecule has 2 aromatic rings. The molecule has 2 fully saturated rings. The molecule has 2 aliphatic rings. The molecule has 7 heteroatoms. The van der Waals surface area contributed by atoms with E-state index in [-0.39, 0.29) is 11.5 Å². The molecule has 0 spiro atoms. The normalized spacial score (nSPS) is 19.5. The Morgan fingerprint density at radius 3 is 2.42 bits per heavy atom. The van der Waals surface area contributed by atoms with E-state index in [1.54, 1.807) is 13.2 Å². The van der Waals surface area contributed by atoms with E-state index in [2.05, 4.69) is 19.7 Å². The van der Waals surface area contributed by atoms with Crippen LogP contribution in [0.2, 0.25) is 0 Å². The fraction of sp³-hybridized carbons (Fsp3) is 0.474. The van der Waals surface area contributed by atoms with Gasteiger partial charge in [0.05, 0.1) is 5.69 Å². The maximum atomic E-state index is 13.1. The molecule has 2 aliphatic heterocycles. The number of hydrogen-bond donors (Lipinski definition) is 0. The lowest BCUT2D eigenvalue weighted by Crippen LogP contribution is -2.62. The van der Waals surface area contributed by atoms with Gasteiger partial charge in [-0.2, -0.15) is 4.98 Å². The van der Waals surface area contributed by atoms with Crippen LogP contribution in [0, 0.1) is 5.82 Å². The highest BCUT2D eigenvalue weighted by molar-refractivity contribution is 5.46. The van der Waals surface area contributed by atoms with Crippen LogP contribution in [0.25, 0.3) is 0 Å². The highest BCUT2D eigenvalue weighted by Crippen LogP contribution is 2.21. The third kappa shape index (κ3) is 3.64. The summed E-state index contributed by atoms with van der Waals surface area (Å²) in [6, 6.07) is 9.25. The Bertz CT molecular complexity index is 807. The van der Waals surface area contributed by atoms with Crippen molar-refractivity contribution in [1.29, 1.82) is 0 Å². The van der Waals surface area contributed by atoms with Gasteiger partial charge in [0.15, 0.2) is 0 Å². The second-order valence-corrected chi connectivity index (χ2v) is 7.16. The third-order valence-electron chi connectivity index (χ3n) is 5.38. The molecule has 2 saturated heterocycles. The van der Waals surface area contributed by atoms with Gasteiger partial charge >= 0.3 is 5.69 Å². The number of aryl methyl sites for hydroxylation is 1. The Balaban J connectivity index is 1.24. The van der Waals surface area contributed by atoms with Crippen molar-refractivity contribution in [3.8, 4) is 0 Å². The molecule has 0 N–H and O–H groups in total. The van der Waals surface area contributed by atoms with Gasteiger partial charge in [0, 0.05) is 70.8 Å². The number of halogens is 1. The first-order chi connectivity index (χ1) is 12.6. The second-order valence-electron chi connectivity index (χ2n) is 7.16. The molecule has 1 aromatic heterocycles. The molecule has 0 amide bonds. The van der Waals surface area contributed by atoms with Crippen molar-refractivity contribution in [2.45, 2.75) is 12.6 Å². The molecule has 3 heterocycles. The van der Waals surface area contributed by atoms with E-state index in [0.29, 0.717) is 6.04 Å². The van der Waals surface area contributed by atoms with Gasteiger partial charge in [-0.25, -0.2) is 9.18 Å². The number of hydrogen-bond acceptors (Lipinski definition) is 5. The standard InChI is InChI=1S/C19H24FN5O/c1-22-7-6-16(21-19(22)26)12-23-13-18(14-23)25-10-8-24(9-11-25)17-4-2-15(20)3-5-17/h2-7,18H,8-14H2,1H3. The summed E-state index contributed by atoms with van der Waals surface area (Å²) in [4.78, 5) is 22.9. The summed E-state index contributed by atoms with van der Waals surface area (Å²) >= 11 is 0. The molecule has 1 aromatic carbocycles. The van der Waals surface area contributed by atoms with Crippen LogP contribution in [-0.2, 0) is 13.6 Å². The van der Waals surface area contributed by atoms with Crippen LogP contribution in [0.1, 0.15) is 5.69 Å². The highest BCUT2D eigenvalue weighted by Gasteiger charge is 2.33. The zero-order valence-electron chi connectivity index (χ0n) is 15.0. The molecule has 0 radical (unpaired) electrons. The van der Waals surface area contributed by atoms with E-state index in [4.69, 9.17) is 0 Å². The van der Waals surface area contributed by atoms with Crippen molar-refractivity contribution < 1.29 is 4.39 Å². The van der Waals surface area contributed by atoms with Crippen molar-refractivity contribution in [2.75, 3.05) is 44.2 Å². The molecule has 138 valence electrons. The van der Waals surface area contributed by atoms with Gasteiger partial charge in [0.2, 0.25) is 0 Å². The van der Waals surface area contributed by atoms with Gasteiger partial charge in [-0.3, -0.25) is 9.80 Å². The number of anilines is 1. The maximum Gasteiger partial charge on any atom is 0.347 e. The Morgan fingerprint density at radius 2 is 1.77 bits per heavy atom. The molecular formula is C19H24FN5O. The second kappa shape index (κ2) is 7.17. The van der Waals surface area contributed by atoms with Crippen LogP contribution < -0.4 is 10.6 Å². The SMILES string of the molecule is Cn1ccc(CN2CC(N3CCN(c4ccc(F)cc4)CC3)C2)nc1=O. The predicted molar refractivity (Wildman–Crippen MR) is 98.7 cm³/mol. The fourth-order valence-electron chi connectivity index (χ4n) is 3.72. The molecule has 26 heavy (non-hydrogen) atoms. The minimum absolute atomic E-state index is 0.187. The number of nitrogens with zero attached hydrogens (tertiary/aromatic N) is 5. The Morgan fingerprint density at radius 1 is 1.08 bits per heavy atom.